The van der Waals surface area contributed by atoms with Gasteiger partial charge in [0.05, 0.1) is 17.2 Å². The predicted octanol–water partition coefficient (Wildman–Crippen LogP) is 4.45. The van der Waals surface area contributed by atoms with Gasteiger partial charge in [-0.3, -0.25) is 4.79 Å². The lowest BCUT2D eigenvalue weighted by molar-refractivity contribution is 0.0447. The van der Waals surface area contributed by atoms with E-state index in [2.05, 4.69) is 9.97 Å². The fourth-order valence-corrected chi connectivity index (χ4v) is 6.12. The lowest BCUT2D eigenvalue weighted by atomic mass is 10.1. The van der Waals surface area contributed by atoms with E-state index in [9.17, 15) is 18.0 Å². The lowest BCUT2D eigenvalue weighted by Crippen LogP contribution is -2.55. The van der Waals surface area contributed by atoms with E-state index in [1.54, 1.807) is 13.8 Å². The number of benzene rings is 2. The summed E-state index contributed by atoms with van der Waals surface area (Å²) < 4.78 is 33.4. The summed E-state index contributed by atoms with van der Waals surface area (Å²) in [5, 5.41) is 0.440. The molecule has 1 atom stereocenters. The Morgan fingerprint density at radius 2 is 1.72 bits per heavy atom. The van der Waals surface area contributed by atoms with Gasteiger partial charge >= 0.3 is 5.97 Å². The molecule has 3 aromatic rings. The van der Waals surface area contributed by atoms with E-state index < -0.39 is 27.9 Å². The average Bonchev–Trinajstić information content (AvgIpc) is 2.91. The highest BCUT2D eigenvalue weighted by Gasteiger charge is 2.37. The molecule has 1 aliphatic rings. The summed E-state index contributed by atoms with van der Waals surface area (Å²) in [5.74, 6) is -0.728. The second kappa shape index (κ2) is 11.8. The van der Waals surface area contributed by atoms with Crippen LogP contribution in [0.15, 0.2) is 59.5 Å². The van der Waals surface area contributed by atoms with Crippen LogP contribution in [0.5, 0.6) is 0 Å². The van der Waals surface area contributed by atoms with Crippen LogP contribution in [0.3, 0.4) is 0 Å². The molecule has 0 bridgehead atoms. The van der Waals surface area contributed by atoms with E-state index in [1.807, 2.05) is 44.2 Å². The zero-order chi connectivity index (χ0) is 28.3. The molecule has 0 radical (unpaired) electrons. The van der Waals surface area contributed by atoms with Gasteiger partial charge in [-0.05, 0) is 44.0 Å². The standard InChI is InChI=1S/C28H31ClN4O5S/c1-18(2)17-38-28(35)24-20(4)30-26(21-8-6-5-7-9-21)31-25(24)27(34)32-14-15-33(19(3)16-32)39(36,37)23-12-10-22(29)11-13-23/h5-13,18-19H,14-17H2,1-4H3. The highest BCUT2D eigenvalue weighted by molar-refractivity contribution is 7.89. The SMILES string of the molecule is Cc1nc(-c2ccccc2)nc(C(=O)N2CCN(S(=O)(=O)c3ccc(Cl)cc3)C(C)C2)c1C(=O)OCC(C)C. The van der Waals surface area contributed by atoms with Crippen molar-refractivity contribution in [3.63, 3.8) is 0 Å². The summed E-state index contributed by atoms with van der Waals surface area (Å²) in [6.45, 7) is 7.74. The maximum atomic E-state index is 13.9. The Hall–Kier alpha value is -3.34. The Bertz CT molecular complexity index is 1460. The number of hydrogen-bond acceptors (Lipinski definition) is 7. The Balaban J connectivity index is 1.65. The molecule has 0 spiro atoms. The number of ether oxygens (including phenoxy) is 1. The Kier molecular flexibility index (Phi) is 8.68. The number of amides is 1. The Morgan fingerprint density at radius 3 is 2.33 bits per heavy atom. The van der Waals surface area contributed by atoms with E-state index in [-0.39, 0.29) is 48.3 Å². The molecule has 0 aliphatic carbocycles. The van der Waals surface area contributed by atoms with Crippen molar-refractivity contribution in [3.8, 4) is 11.4 Å². The molecule has 2 heterocycles. The fourth-order valence-electron chi connectivity index (χ4n) is 4.38. The number of rotatable bonds is 7. The van der Waals surface area contributed by atoms with E-state index in [4.69, 9.17) is 16.3 Å². The first-order valence-corrected chi connectivity index (χ1v) is 14.5. The minimum atomic E-state index is -3.79. The van der Waals surface area contributed by atoms with Gasteiger partial charge in [-0.2, -0.15) is 4.31 Å². The largest absolute Gasteiger partial charge is 0.462 e. The molecule has 2 aromatic carbocycles. The second-order valence-corrected chi connectivity index (χ2v) is 12.2. The predicted molar refractivity (Wildman–Crippen MR) is 148 cm³/mol. The molecular weight excluding hydrogens is 540 g/mol. The molecule has 1 aromatic heterocycles. The van der Waals surface area contributed by atoms with Crippen molar-refractivity contribution in [3.05, 3.63) is 76.6 Å². The number of sulfonamides is 1. The summed E-state index contributed by atoms with van der Waals surface area (Å²) in [6, 6.07) is 14.6. The monoisotopic (exact) mass is 570 g/mol. The average molecular weight is 571 g/mol. The minimum Gasteiger partial charge on any atom is -0.462 e. The normalized spacial score (nSPS) is 16.4. The molecule has 11 heteroatoms. The summed E-state index contributed by atoms with van der Waals surface area (Å²) in [5.41, 5.74) is 0.988. The summed E-state index contributed by atoms with van der Waals surface area (Å²) in [6.07, 6.45) is 0. The molecule has 1 fully saturated rings. The maximum absolute atomic E-state index is 13.9. The zero-order valence-electron chi connectivity index (χ0n) is 22.3. The van der Waals surface area contributed by atoms with Crippen molar-refractivity contribution in [1.82, 2.24) is 19.2 Å². The van der Waals surface area contributed by atoms with Crippen LogP contribution in [0.25, 0.3) is 11.4 Å². The van der Waals surface area contributed by atoms with Gasteiger partial charge in [0.1, 0.15) is 11.3 Å². The van der Waals surface area contributed by atoms with Gasteiger partial charge in [0.25, 0.3) is 5.91 Å². The number of nitrogens with zero attached hydrogens (tertiary/aromatic N) is 4. The molecular formula is C28H31ClN4O5S. The summed E-state index contributed by atoms with van der Waals surface area (Å²) in [4.78, 5) is 37.6. The van der Waals surface area contributed by atoms with Crippen molar-refractivity contribution < 1.29 is 22.7 Å². The van der Waals surface area contributed by atoms with Gasteiger partial charge in [-0.25, -0.2) is 23.2 Å². The quantitative estimate of drug-likeness (QED) is 0.386. The number of esters is 1. The van der Waals surface area contributed by atoms with Crippen molar-refractivity contribution in [2.45, 2.75) is 38.6 Å². The Labute approximate surface area is 233 Å². The highest BCUT2D eigenvalue weighted by Crippen LogP contribution is 2.26. The van der Waals surface area contributed by atoms with Crippen LogP contribution in [0.4, 0.5) is 0 Å². The molecule has 1 amide bonds. The number of halogens is 1. The smallest absolute Gasteiger partial charge is 0.342 e. The second-order valence-electron chi connectivity index (χ2n) is 9.88. The molecule has 4 rings (SSSR count). The zero-order valence-corrected chi connectivity index (χ0v) is 23.9. The maximum Gasteiger partial charge on any atom is 0.342 e. The topological polar surface area (TPSA) is 110 Å². The number of carbonyl (C=O) groups excluding carboxylic acids is 2. The molecule has 1 unspecified atom stereocenters. The molecule has 0 saturated carbocycles. The van der Waals surface area contributed by atoms with E-state index in [0.29, 0.717) is 22.1 Å². The number of carbonyl (C=O) groups is 2. The van der Waals surface area contributed by atoms with Crippen molar-refractivity contribution >= 4 is 33.5 Å². The van der Waals surface area contributed by atoms with Gasteiger partial charge < -0.3 is 9.64 Å². The number of hydrogen-bond donors (Lipinski definition) is 0. The van der Waals surface area contributed by atoms with Gasteiger partial charge in [0.2, 0.25) is 10.0 Å². The van der Waals surface area contributed by atoms with Crippen molar-refractivity contribution in [1.29, 1.82) is 0 Å². The van der Waals surface area contributed by atoms with Gasteiger partial charge in [-0.1, -0.05) is 55.8 Å². The van der Waals surface area contributed by atoms with Gasteiger partial charge in [0.15, 0.2) is 5.82 Å². The van der Waals surface area contributed by atoms with Crippen LogP contribution >= 0.6 is 11.6 Å². The molecule has 206 valence electrons. The van der Waals surface area contributed by atoms with Crippen LogP contribution in [0.1, 0.15) is 47.3 Å². The Morgan fingerprint density at radius 1 is 1.05 bits per heavy atom. The first-order valence-electron chi connectivity index (χ1n) is 12.7. The molecule has 39 heavy (non-hydrogen) atoms. The third-order valence-electron chi connectivity index (χ3n) is 6.35. The number of aryl methyl sites for hydroxylation is 1. The highest BCUT2D eigenvalue weighted by atomic mass is 35.5. The molecule has 1 aliphatic heterocycles. The first kappa shape index (κ1) is 28.7. The molecule has 0 N–H and O–H groups in total. The van der Waals surface area contributed by atoms with Crippen LogP contribution < -0.4 is 0 Å². The van der Waals surface area contributed by atoms with Crippen molar-refractivity contribution in [2.75, 3.05) is 26.2 Å². The lowest BCUT2D eigenvalue weighted by Gasteiger charge is -2.39. The van der Waals surface area contributed by atoms with Crippen LogP contribution in [-0.2, 0) is 14.8 Å². The third kappa shape index (κ3) is 6.29. The van der Waals surface area contributed by atoms with E-state index in [0.717, 1.165) is 0 Å². The fraction of sp³-hybridized carbons (Fsp3) is 0.357. The minimum absolute atomic E-state index is 0.0178. The van der Waals surface area contributed by atoms with Gasteiger partial charge in [0, 0.05) is 36.3 Å². The number of aromatic nitrogens is 2. The summed E-state index contributed by atoms with van der Waals surface area (Å²) in [7, 11) is -3.79. The van der Waals surface area contributed by atoms with Crippen LogP contribution in [0.2, 0.25) is 5.02 Å². The number of piperazine rings is 1. The van der Waals surface area contributed by atoms with E-state index in [1.165, 1.54) is 33.5 Å². The molecule has 1 saturated heterocycles. The molecule has 9 nitrogen and oxygen atoms in total. The van der Waals surface area contributed by atoms with Crippen molar-refractivity contribution in [2.24, 2.45) is 5.92 Å². The summed E-state index contributed by atoms with van der Waals surface area (Å²) >= 11 is 5.92. The van der Waals surface area contributed by atoms with Crippen LogP contribution in [0, 0.1) is 12.8 Å². The first-order chi connectivity index (χ1) is 18.5. The van der Waals surface area contributed by atoms with Crippen LogP contribution in [-0.4, -0.2) is 71.8 Å². The third-order valence-corrected chi connectivity index (χ3v) is 8.63. The van der Waals surface area contributed by atoms with Gasteiger partial charge in [-0.15, -0.1) is 0 Å². The van der Waals surface area contributed by atoms with E-state index >= 15 is 0 Å².